The van der Waals surface area contributed by atoms with Crippen LogP contribution in [0.3, 0.4) is 0 Å². The lowest BCUT2D eigenvalue weighted by molar-refractivity contribution is 0.0430. The van der Waals surface area contributed by atoms with E-state index in [1.807, 2.05) is 6.07 Å². The van der Waals surface area contributed by atoms with Crippen molar-refractivity contribution >= 4 is 23.4 Å². The number of benzene rings is 1. The fourth-order valence-corrected chi connectivity index (χ4v) is 2.97. The summed E-state index contributed by atoms with van der Waals surface area (Å²) in [4.78, 5) is 36.2. The van der Waals surface area contributed by atoms with E-state index in [1.54, 1.807) is 72.7 Å². The maximum atomic E-state index is 13.2. The third-order valence-electron chi connectivity index (χ3n) is 4.49. The van der Waals surface area contributed by atoms with Gasteiger partial charge in [0.25, 0.3) is 0 Å². The molecule has 0 aliphatic rings. The van der Waals surface area contributed by atoms with Crippen molar-refractivity contribution < 1.29 is 24.2 Å². The molecule has 186 valence electrons. The standard InChI is InChI=1S/C26H32N4O5/c1-17(16-31)19(13-14-27)22-28-15-20(21(29-22)18-11-9-8-10-12-18)30(23(32)34-25(2,3)4)24(33)35-26(5,6)7/h8-12,15,31H,13,16H2,1-7H3/b19-17+. The van der Waals surface area contributed by atoms with Gasteiger partial charge in [-0.15, -0.1) is 0 Å². The van der Waals surface area contributed by atoms with Gasteiger partial charge in [0, 0.05) is 11.1 Å². The molecule has 9 nitrogen and oxygen atoms in total. The highest BCUT2D eigenvalue weighted by Gasteiger charge is 2.35. The quantitative estimate of drug-likeness (QED) is 0.594. The number of allylic oxidation sites excluding steroid dienone is 1. The predicted octanol–water partition coefficient (Wildman–Crippen LogP) is 5.50. The fourth-order valence-electron chi connectivity index (χ4n) is 2.97. The largest absolute Gasteiger partial charge is 0.443 e. The van der Waals surface area contributed by atoms with Crippen molar-refractivity contribution in [3.05, 3.63) is 47.9 Å². The minimum absolute atomic E-state index is 0.0260. The molecular formula is C26H32N4O5. The van der Waals surface area contributed by atoms with E-state index < -0.39 is 23.4 Å². The van der Waals surface area contributed by atoms with Crippen molar-refractivity contribution in [3.63, 3.8) is 0 Å². The highest BCUT2D eigenvalue weighted by atomic mass is 16.6. The molecule has 1 heterocycles. The predicted molar refractivity (Wildman–Crippen MR) is 132 cm³/mol. The highest BCUT2D eigenvalue weighted by molar-refractivity contribution is 6.11. The molecule has 0 saturated heterocycles. The second kappa shape index (κ2) is 11.1. The van der Waals surface area contributed by atoms with Gasteiger partial charge >= 0.3 is 12.2 Å². The first-order valence-electron chi connectivity index (χ1n) is 11.1. The molecule has 0 aliphatic heterocycles. The third kappa shape index (κ3) is 7.62. The Labute approximate surface area is 206 Å². The van der Waals surface area contributed by atoms with Crippen LogP contribution in [-0.4, -0.2) is 45.1 Å². The number of nitrogens with zero attached hydrogens (tertiary/aromatic N) is 4. The Morgan fingerprint density at radius 3 is 2.03 bits per heavy atom. The summed E-state index contributed by atoms with van der Waals surface area (Å²) in [5, 5.41) is 18.9. The molecule has 1 aromatic carbocycles. The Morgan fingerprint density at radius 2 is 1.57 bits per heavy atom. The number of ether oxygens (including phenoxy) is 2. The smallest absolute Gasteiger partial charge is 0.424 e. The van der Waals surface area contributed by atoms with Crippen LogP contribution in [0.2, 0.25) is 0 Å². The van der Waals surface area contributed by atoms with E-state index in [1.165, 1.54) is 6.20 Å². The zero-order valence-electron chi connectivity index (χ0n) is 21.2. The second-order valence-corrected chi connectivity index (χ2v) is 9.84. The number of hydrogen-bond donors (Lipinski definition) is 1. The van der Waals surface area contributed by atoms with E-state index in [4.69, 9.17) is 9.47 Å². The molecule has 1 aromatic heterocycles. The van der Waals surface area contributed by atoms with Crippen molar-refractivity contribution in [3.8, 4) is 17.3 Å². The van der Waals surface area contributed by atoms with E-state index in [9.17, 15) is 20.0 Å². The van der Waals surface area contributed by atoms with Gasteiger partial charge in [0.1, 0.15) is 16.9 Å². The number of aromatic nitrogens is 2. The number of nitriles is 1. The van der Waals surface area contributed by atoms with E-state index in [0.717, 1.165) is 4.90 Å². The Morgan fingerprint density at radius 1 is 1.03 bits per heavy atom. The number of aliphatic hydroxyl groups is 1. The first kappa shape index (κ1) is 27.5. The first-order chi connectivity index (χ1) is 16.3. The van der Waals surface area contributed by atoms with Crippen LogP contribution in [0.4, 0.5) is 15.3 Å². The molecule has 2 aromatic rings. The normalized spacial score (nSPS) is 12.3. The maximum Gasteiger partial charge on any atom is 0.424 e. The average Bonchev–Trinajstić information content (AvgIpc) is 2.75. The van der Waals surface area contributed by atoms with Gasteiger partial charge in [0.15, 0.2) is 5.82 Å². The molecule has 0 bridgehead atoms. The van der Waals surface area contributed by atoms with Gasteiger partial charge in [-0.1, -0.05) is 30.3 Å². The zero-order chi connectivity index (χ0) is 26.4. The SMILES string of the molecule is C/C(CO)=C(/CC#N)c1ncc(N(C(=O)OC(C)(C)C)C(=O)OC(C)(C)C)c(-c2ccccc2)n1. The molecule has 0 saturated carbocycles. The van der Waals surface area contributed by atoms with Crippen LogP contribution in [0, 0.1) is 11.3 Å². The molecule has 0 atom stereocenters. The van der Waals surface area contributed by atoms with Gasteiger partial charge in [-0.25, -0.2) is 19.6 Å². The van der Waals surface area contributed by atoms with Crippen LogP contribution in [0.25, 0.3) is 16.8 Å². The Hall–Kier alpha value is -3.77. The number of amides is 2. The molecule has 0 aliphatic carbocycles. The minimum atomic E-state index is -0.945. The second-order valence-electron chi connectivity index (χ2n) is 9.84. The molecule has 0 unspecified atom stereocenters. The van der Waals surface area contributed by atoms with E-state index >= 15 is 0 Å². The molecule has 2 rings (SSSR count). The monoisotopic (exact) mass is 480 g/mol. The van der Waals surface area contributed by atoms with Gasteiger partial charge in [0.2, 0.25) is 0 Å². The number of rotatable bonds is 5. The van der Waals surface area contributed by atoms with Gasteiger partial charge < -0.3 is 14.6 Å². The van der Waals surface area contributed by atoms with Gasteiger partial charge in [-0.2, -0.15) is 10.2 Å². The molecule has 1 N–H and O–H groups in total. The zero-order valence-corrected chi connectivity index (χ0v) is 21.2. The van der Waals surface area contributed by atoms with Crippen molar-refractivity contribution in [2.45, 2.75) is 66.1 Å². The number of hydrogen-bond acceptors (Lipinski definition) is 8. The number of imide groups is 1. The summed E-state index contributed by atoms with van der Waals surface area (Å²) in [7, 11) is 0. The lowest BCUT2D eigenvalue weighted by atomic mass is 10.1. The molecule has 9 heteroatoms. The highest BCUT2D eigenvalue weighted by Crippen LogP contribution is 2.33. The lowest BCUT2D eigenvalue weighted by Gasteiger charge is -2.29. The maximum absolute atomic E-state index is 13.2. The van der Waals surface area contributed by atoms with E-state index in [0.29, 0.717) is 16.7 Å². The Balaban J connectivity index is 2.80. The number of carbonyl (C=O) groups excluding carboxylic acids is 2. The van der Waals surface area contributed by atoms with E-state index in [-0.39, 0.29) is 30.2 Å². The van der Waals surface area contributed by atoms with Gasteiger partial charge in [-0.3, -0.25) is 0 Å². The van der Waals surface area contributed by atoms with Crippen molar-refractivity contribution in [2.24, 2.45) is 0 Å². The van der Waals surface area contributed by atoms with E-state index in [2.05, 4.69) is 16.0 Å². The summed E-state index contributed by atoms with van der Waals surface area (Å²) < 4.78 is 11.0. The number of anilines is 1. The summed E-state index contributed by atoms with van der Waals surface area (Å²) in [6, 6.07) is 11.0. The summed E-state index contributed by atoms with van der Waals surface area (Å²) in [5.74, 6) is 0.203. The number of aliphatic hydroxyl groups excluding tert-OH is 1. The average molecular weight is 481 g/mol. The molecule has 2 amide bonds. The van der Waals surface area contributed by atoms with Crippen LogP contribution < -0.4 is 4.90 Å². The molecular weight excluding hydrogens is 448 g/mol. The van der Waals surface area contributed by atoms with Crippen LogP contribution in [-0.2, 0) is 9.47 Å². The van der Waals surface area contributed by atoms with Crippen LogP contribution >= 0.6 is 0 Å². The van der Waals surface area contributed by atoms with Crippen LogP contribution in [0.5, 0.6) is 0 Å². The summed E-state index contributed by atoms with van der Waals surface area (Å²) in [5.41, 5.74) is 0.142. The third-order valence-corrected chi connectivity index (χ3v) is 4.49. The lowest BCUT2D eigenvalue weighted by Crippen LogP contribution is -2.44. The van der Waals surface area contributed by atoms with Gasteiger partial charge in [0.05, 0.1) is 31.0 Å². The Bertz CT molecular complexity index is 1110. The molecule has 35 heavy (non-hydrogen) atoms. The van der Waals surface area contributed by atoms with Crippen LogP contribution in [0.1, 0.15) is 60.7 Å². The topological polar surface area (TPSA) is 126 Å². The summed E-state index contributed by atoms with van der Waals surface area (Å²) in [6.45, 7) is 11.5. The molecule has 0 spiro atoms. The van der Waals surface area contributed by atoms with Crippen LogP contribution in [0.15, 0.2) is 42.1 Å². The first-order valence-corrected chi connectivity index (χ1v) is 11.1. The summed E-state index contributed by atoms with van der Waals surface area (Å²) >= 11 is 0. The number of carbonyl (C=O) groups is 2. The van der Waals surface area contributed by atoms with Gasteiger partial charge in [-0.05, 0) is 54.0 Å². The molecule has 0 radical (unpaired) electrons. The van der Waals surface area contributed by atoms with Crippen molar-refractivity contribution in [1.29, 1.82) is 5.26 Å². The summed E-state index contributed by atoms with van der Waals surface area (Å²) in [6.07, 6.45) is -0.596. The minimum Gasteiger partial charge on any atom is -0.443 e. The Kier molecular flexibility index (Phi) is 8.72. The molecule has 0 fully saturated rings. The van der Waals surface area contributed by atoms with Crippen molar-refractivity contribution in [2.75, 3.05) is 11.5 Å². The fraction of sp³-hybridized carbons (Fsp3) is 0.423. The van der Waals surface area contributed by atoms with Crippen molar-refractivity contribution in [1.82, 2.24) is 9.97 Å².